The quantitative estimate of drug-likeness (QED) is 0.688. The van der Waals surface area contributed by atoms with Gasteiger partial charge in [-0.1, -0.05) is 0 Å². The highest BCUT2D eigenvalue weighted by Gasteiger charge is 2.28. The summed E-state index contributed by atoms with van der Waals surface area (Å²) in [7, 11) is -6.09. The first-order valence-electron chi connectivity index (χ1n) is 5.22. The maximum absolute atomic E-state index is 11.5. The molecule has 0 amide bonds. The lowest BCUT2D eigenvalue weighted by Gasteiger charge is -2.12. The first-order chi connectivity index (χ1) is 8.59. The second-order valence-corrected chi connectivity index (χ2v) is 7.82. The third-order valence-corrected chi connectivity index (χ3v) is 4.83. The second kappa shape index (κ2) is 5.53. The van der Waals surface area contributed by atoms with Crippen LogP contribution in [0.25, 0.3) is 0 Å². The number of methoxy groups -OCH3 is 1. The first kappa shape index (κ1) is 16.0. The van der Waals surface area contributed by atoms with E-state index in [1.54, 1.807) is 0 Å². The van der Waals surface area contributed by atoms with Crippen LogP contribution < -0.4 is 5.14 Å². The van der Waals surface area contributed by atoms with E-state index in [1.165, 1.54) is 14.0 Å². The van der Waals surface area contributed by atoms with Crippen LogP contribution in [0.1, 0.15) is 18.0 Å². The number of rotatable bonds is 6. The number of primary sulfonamides is 1. The molecule has 1 atom stereocenters. The molecule has 0 aliphatic rings. The molecule has 0 saturated carbocycles. The molecule has 0 aliphatic carbocycles. The maximum Gasteiger partial charge on any atom is 0.273 e. The van der Waals surface area contributed by atoms with Crippen molar-refractivity contribution in [2.45, 2.75) is 23.9 Å². The summed E-state index contributed by atoms with van der Waals surface area (Å²) in [5.74, 6) is 0.0172. The van der Waals surface area contributed by atoms with Crippen molar-refractivity contribution in [1.82, 2.24) is 14.8 Å². The van der Waals surface area contributed by atoms with Crippen LogP contribution in [0, 0.1) is 0 Å². The third-order valence-electron chi connectivity index (χ3n) is 2.52. The zero-order valence-corrected chi connectivity index (χ0v) is 12.4. The Hall–Kier alpha value is -1.04. The molecule has 1 heterocycles. The van der Waals surface area contributed by atoms with Gasteiger partial charge in [0.25, 0.3) is 15.2 Å². The molecule has 2 N–H and O–H groups in total. The Bertz CT molecular complexity index is 649. The van der Waals surface area contributed by atoms with E-state index in [4.69, 9.17) is 9.88 Å². The number of sulfone groups is 1. The van der Waals surface area contributed by atoms with E-state index in [-0.39, 0.29) is 19.0 Å². The first-order valence-corrected chi connectivity index (χ1v) is 8.72. The second-order valence-electron chi connectivity index (χ2n) is 4.00. The Balaban J connectivity index is 3.38. The highest BCUT2D eigenvalue weighted by molar-refractivity contribution is 7.90. The van der Waals surface area contributed by atoms with E-state index in [9.17, 15) is 16.8 Å². The summed E-state index contributed by atoms with van der Waals surface area (Å²) in [6.07, 6.45) is 1.03. The molecule has 1 aromatic rings. The molecule has 110 valence electrons. The number of nitrogens with zero attached hydrogens (tertiary/aromatic N) is 3. The Morgan fingerprint density at radius 3 is 2.32 bits per heavy atom. The predicted octanol–water partition coefficient (Wildman–Crippen LogP) is -1.32. The fraction of sp³-hybridized carbons (Fsp3) is 0.750. The molecule has 1 aromatic heterocycles. The summed E-state index contributed by atoms with van der Waals surface area (Å²) < 4.78 is 51.8. The number of hydrogen-bond acceptors (Lipinski definition) is 7. The van der Waals surface area contributed by atoms with E-state index >= 15 is 0 Å². The average molecular weight is 312 g/mol. The van der Waals surface area contributed by atoms with Gasteiger partial charge in [0.15, 0.2) is 15.7 Å². The van der Waals surface area contributed by atoms with Crippen molar-refractivity contribution in [3.8, 4) is 0 Å². The molecule has 1 unspecified atom stereocenters. The van der Waals surface area contributed by atoms with Crippen molar-refractivity contribution in [3.63, 3.8) is 0 Å². The molecule has 0 bridgehead atoms. The van der Waals surface area contributed by atoms with Gasteiger partial charge in [-0.15, -0.1) is 10.2 Å². The van der Waals surface area contributed by atoms with Crippen LogP contribution in [0.3, 0.4) is 0 Å². The van der Waals surface area contributed by atoms with Crippen LogP contribution in [0.15, 0.2) is 5.16 Å². The molecule has 0 aromatic carbocycles. The largest absolute Gasteiger partial charge is 0.383 e. The molecule has 0 radical (unpaired) electrons. The smallest absolute Gasteiger partial charge is 0.273 e. The zero-order chi connectivity index (χ0) is 14.8. The minimum atomic E-state index is -4.08. The van der Waals surface area contributed by atoms with E-state index < -0.39 is 30.3 Å². The highest BCUT2D eigenvalue weighted by atomic mass is 32.2. The number of nitrogens with two attached hydrogens (primary N) is 1. The van der Waals surface area contributed by atoms with Crippen molar-refractivity contribution >= 4 is 19.9 Å². The molecule has 19 heavy (non-hydrogen) atoms. The molecule has 1 rings (SSSR count). The van der Waals surface area contributed by atoms with Crippen LogP contribution in [-0.4, -0.2) is 51.6 Å². The summed E-state index contributed by atoms with van der Waals surface area (Å²) in [6.45, 7) is 1.66. The fourth-order valence-electron chi connectivity index (χ4n) is 1.40. The minimum Gasteiger partial charge on any atom is -0.383 e. The van der Waals surface area contributed by atoms with Crippen LogP contribution in [0.4, 0.5) is 0 Å². The topological polar surface area (TPSA) is 134 Å². The fourth-order valence-corrected chi connectivity index (χ4v) is 2.60. The van der Waals surface area contributed by atoms with E-state index in [2.05, 4.69) is 10.2 Å². The standard InChI is InChI=1S/C8H16N4O5S2/c1-6(18(3,13)14)7-10-11-8(19(9,15)16)12(7)4-5-17-2/h6H,4-5H2,1-3H3,(H2,9,15,16). The van der Waals surface area contributed by atoms with Gasteiger partial charge < -0.3 is 4.74 Å². The predicted molar refractivity (Wildman–Crippen MR) is 66.5 cm³/mol. The van der Waals surface area contributed by atoms with Gasteiger partial charge in [0, 0.05) is 13.4 Å². The molecular weight excluding hydrogens is 296 g/mol. The van der Waals surface area contributed by atoms with Crippen molar-refractivity contribution in [3.05, 3.63) is 5.82 Å². The molecule has 0 spiro atoms. The Labute approximate surface area is 111 Å². The normalized spacial score (nSPS) is 14.5. The highest BCUT2D eigenvalue weighted by Crippen LogP contribution is 2.21. The summed E-state index contributed by atoms with van der Waals surface area (Å²) in [4.78, 5) is 0. The van der Waals surface area contributed by atoms with Gasteiger partial charge in [-0.25, -0.2) is 22.0 Å². The molecule has 9 nitrogen and oxygen atoms in total. The van der Waals surface area contributed by atoms with E-state index in [0.717, 1.165) is 10.8 Å². The lowest BCUT2D eigenvalue weighted by molar-refractivity contribution is 0.183. The Kier molecular flexibility index (Phi) is 4.66. The van der Waals surface area contributed by atoms with Crippen molar-refractivity contribution in [1.29, 1.82) is 0 Å². The Morgan fingerprint density at radius 2 is 1.89 bits per heavy atom. The molecular formula is C8H16N4O5S2. The summed E-state index contributed by atoms with van der Waals surface area (Å²) >= 11 is 0. The lowest BCUT2D eigenvalue weighted by Crippen LogP contribution is -2.22. The van der Waals surface area contributed by atoms with Gasteiger partial charge in [0.05, 0.1) is 13.2 Å². The minimum absolute atomic E-state index is 0.0172. The SMILES string of the molecule is COCCn1c(C(C)S(C)(=O)=O)nnc1S(N)(=O)=O. The van der Waals surface area contributed by atoms with E-state index in [1.807, 2.05) is 0 Å². The van der Waals surface area contributed by atoms with Crippen LogP contribution in [-0.2, 0) is 31.1 Å². The molecule has 0 aliphatic heterocycles. The molecule has 11 heteroatoms. The lowest BCUT2D eigenvalue weighted by atomic mass is 10.4. The summed E-state index contributed by atoms with van der Waals surface area (Å²) in [5, 5.41) is 10.6. The van der Waals surface area contributed by atoms with Crippen molar-refractivity contribution in [2.75, 3.05) is 20.0 Å². The maximum atomic E-state index is 11.5. The monoisotopic (exact) mass is 312 g/mol. The Morgan fingerprint density at radius 1 is 1.32 bits per heavy atom. The van der Waals surface area contributed by atoms with Crippen LogP contribution in [0.5, 0.6) is 0 Å². The molecule has 0 fully saturated rings. The van der Waals surface area contributed by atoms with E-state index in [0.29, 0.717) is 0 Å². The molecule has 0 saturated heterocycles. The third kappa shape index (κ3) is 3.72. The average Bonchev–Trinajstić information content (AvgIpc) is 2.66. The van der Waals surface area contributed by atoms with Gasteiger partial charge in [-0.2, -0.15) is 0 Å². The van der Waals surface area contributed by atoms with Crippen molar-refractivity contribution < 1.29 is 21.6 Å². The van der Waals surface area contributed by atoms with Gasteiger partial charge >= 0.3 is 0 Å². The van der Waals surface area contributed by atoms with Gasteiger partial charge in [0.2, 0.25) is 0 Å². The van der Waals surface area contributed by atoms with Gasteiger partial charge in [-0.3, -0.25) is 4.57 Å². The van der Waals surface area contributed by atoms with Crippen LogP contribution >= 0.6 is 0 Å². The number of ether oxygens (including phenoxy) is 1. The zero-order valence-electron chi connectivity index (χ0n) is 10.8. The number of hydrogen-bond donors (Lipinski definition) is 1. The number of aromatic nitrogens is 3. The van der Waals surface area contributed by atoms with Gasteiger partial charge in [0.1, 0.15) is 5.25 Å². The number of sulfonamides is 1. The van der Waals surface area contributed by atoms with Crippen molar-refractivity contribution in [2.24, 2.45) is 5.14 Å². The summed E-state index contributed by atoms with van der Waals surface area (Å²) in [6, 6.07) is 0. The van der Waals surface area contributed by atoms with Crippen LogP contribution in [0.2, 0.25) is 0 Å². The van der Waals surface area contributed by atoms with Gasteiger partial charge in [-0.05, 0) is 6.92 Å². The summed E-state index contributed by atoms with van der Waals surface area (Å²) in [5.41, 5.74) is 0.